The van der Waals surface area contributed by atoms with Gasteiger partial charge in [-0.1, -0.05) is 6.92 Å². The van der Waals surface area contributed by atoms with E-state index in [0.29, 0.717) is 23.6 Å². The third-order valence-electron chi connectivity index (χ3n) is 2.65. The molecular weight excluding hydrogens is 194 g/mol. The molecule has 15 heavy (non-hydrogen) atoms. The maximum absolute atomic E-state index is 11.6. The first kappa shape index (κ1) is 10.2. The minimum atomic E-state index is -0.143. The van der Waals surface area contributed by atoms with Crippen molar-refractivity contribution in [3.8, 4) is 0 Å². The normalized spacial score (nSPS) is 20.7. The fourth-order valence-electron chi connectivity index (χ4n) is 1.82. The number of nitrogens with one attached hydrogen (secondary N) is 1. The third-order valence-corrected chi connectivity index (χ3v) is 2.65. The van der Waals surface area contributed by atoms with Crippen LogP contribution < -0.4 is 11.3 Å². The number of aromatic amines is 1. The van der Waals surface area contributed by atoms with Crippen molar-refractivity contribution in [3.05, 3.63) is 21.7 Å². The smallest absolute Gasteiger partial charge is 0.256 e. The summed E-state index contributed by atoms with van der Waals surface area (Å²) in [6, 6.07) is 0. The number of H-pyrrole nitrogens is 1. The van der Waals surface area contributed by atoms with Crippen LogP contribution in [0.4, 0.5) is 5.82 Å². The van der Waals surface area contributed by atoms with E-state index in [9.17, 15) is 4.79 Å². The number of hydrogen-bond donors (Lipinski definition) is 2. The molecule has 2 heterocycles. The number of hydrogen-bond acceptors (Lipinski definition) is 4. The molecule has 1 fully saturated rings. The standard InChI is InChI=1S/C10H15N3O2/c1-2-6-8(11)12-9(13-10(6)14)7-4-3-5-15-7/h7H,2-5H2,1H3,(H3,11,12,13,14). The Morgan fingerprint density at radius 3 is 3.00 bits per heavy atom. The largest absolute Gasteiger partial charge is 0.383 e. The van der Waals surface area contributed by atoms with Gasteiger partial charge in [0.2, 0.25) is 0 Å². The number of ether oxygens (including phenoxy) is 1. The molecule has 0 amide bonds. The van der Waals surface area contributed by atoms with Gasteiger partial charge in [0.1, 0.15) is 17.7 Å². The minimum Gasteiger partial charge on any atom is -0.383 e. The van der Waals surface area contributed by atoms with Crippen molar-refractivity contribution >= 4 is 5.82 Å². The monoisotopic (exact) mass is 209 g/mol. The Morgan fingerprint density at radius 2 is 2.47 bits per heavy atom. The average Bonchev–Trinajstić information content (AvgIpc) is 2.69. The van der Waals surface area contributed by atoms with Crippen LogP contribution in [-0.4, -0.2) is 16.6 Å². The Bertz CT molecular complexity index is 408. The summed E-state index contributed by atoms with van der Waals surface area (Å²) in [5, 5.41) is 0. The molecule has 0 spiro atoms. The van der Waals surface area contributed by atoms with Gasteiger partial charge >= 0.3 is 0 Å². The first-order valence-electron chi connectivity index (χ1n) is 5.22. The van der Waals surface area contributed by atoms with Gasteiger partial charge in [0.15, 0.2) is 0 Å². The molecule has 0 aromatic carbocycles. The summed E-state index contributed by atoms with van der Waals surface area (Å²) in [7, 11) is 0. The molecule has 82 valence electrons. The number of rotatable bonds is 2. The molecule has 1 aliphatic rings. The summed E-state index contributed by atoms with van der Waals surface area (Å²) >= 11 is 0. The molecule has 0 saturated carbocycles. The van der Waals surface area contributed by atoms with Crippen molar-refractivity contribution in [2.75, 3.05) is 12.3 Å². The summed E-state index contributed by atoms with van der Waals surface area (Å²) in [5.74, 6) is 0.888. The van der Waals surface area contributed by atoms with Crippen LogP contribution in [0.2, 0.25) is 0 Å². The maximum Gasteiger partial charge on any atom is 0.256 e. The van der Waals surface area contributed by atoms with Crippen molar-refractivity contribution in [2.45, 2.75) is 32.3 Å². The van der Waals surface area contributed by atoms with Crippen LogP contribution in [0.1, 0.15) is 37.3 Å². The van der Waals surface area contributed by atoms with Gasteiger partial charge in [0.25, 0.3) is 5.56 Å². The lowest BCUT2D eigenvalue weighted by atomic mass is 10.2. The van der Waals surface area contributed by atoms with E-state index in [1.807, 2.05) is 6.92 Å². The predicted molar refractivity (Wildman–Crippen MR) is 56.6 cm³/mol. The van der Waals surface area contributed by atoms with E-state index in [1.165, 1.54) is 0 Å². The lowest BCUT2D eigenvalue weighted by Gasteiger charge is -2.10. The van der Waals surface area contributed by atoms with Crippen molar-refractivity contribution in [1.82, 2.24) is 9.97 Å². The SMILES string of the molecule is CCc1c(N)nc(C2CCCO2)[nH]c1=O. The molecule has 1 aliphatic heterocycles. The molecule has 2 rings (SSSR count). The minimum absolute atomic E-state index is 0.0918. The summed E-state index contributed by atoms with van der Waals surface area (Å²) in [6.45, 7) is 2.61. The molecule has 1 saturated heterocycles. The Morgan fingerprint density at radius 1 is 1.67 bits per heavy atom. The molecule has 0 radical (unpaired) electrons. The third kappa shape index (κ3) is 1.87. The molecule has 5 heteroatoms. The molecule has 1 unspecified atom stereocenters. The van der Waals surface area contributed by atoms with E-state index in [-0.39, 0.29) is 11.7 Å². The number of aromatic nitrogens is 2. The second-order valence-corrected chi connectivity index (χ2v) is 3.67. The highest BCUT2D eigenvalue weighted by atomic mass is 16.5. The number of nitrogen functional groups attached to an aromatic ring is 1. The van der Waals surface area contributed by atoms with Crippen LogP contribution >= 0.6 is 0 Å². The van der Waals surface area contributed by atoms with Crippen LogP contribution in [0, 0.1) is 0 Å². The van der Waals surface area contributed by atoms with Gasteiger partial charge < -0.3 is 15.5 Å². The van der Waals surface area contributed by atoms with Crippen molar-refractivity contribution in [1.29, 1.82) is 0 Å². The Kier molecular flexibility index (Phi) is 2.73. The molecule has 0 bridgehead atoms. The molecule has 5 nitrogen and oxygen atoms in total. The second kappa shape index (κ2) is 4.02. The molecule has 1 aromatic rings. The van der Waals surface area contributed by atoms with Gasteiger partial charge in [-0.2, -0.15) is 0 Å². The summed E-state index contributed by atoms with van der Waals surface area (Å²) < 4.78 is 5.43. The Hall–Kier alpha value is -1.36. The van der Waals surface area contributed by atoms with Gasteiger partial charge in [-0.15, -0.1) is 0 Å². The van der Waals surface area contributed by atoms with Gasteiger partial charge in [-0.05, 0) is 19.3 Å². The van der Waals surface area contributed by atoms with Crippen molar-refractivity contribution in [2.24, 2.45) is 0 Å². The van der Waals surface area contributed by atoms with Gasteiger partial charge in [0, 0.05) is 6.61 Å². The maximum atomic E-state index is 11.6. The van der Waals surface area contributed by atoms with Crippen LogP contribution in [0.5, 0.6) is 0 Å². The summed E-state index contributed by atoms with van der Waals surface area (Å²) in [4.78, 5) is 18.5. The molecule has 3 N–H and O–H groups in total. The lowest BCUT2D eigenvalue weighted by Crippen LogP contribution is -2.20. The zero-order valence-corrected chi connectivity index (χ0v) is 8.75. The quantitative estimate of drug-likeness (QED) is 0.753. The molecule has 0 aliphatic carbocycles. The predicted octanol–water partition coefficient (Wildman–Crippen LogP) is 0.766. The number of nitrogens with two attached hydrogens (primary N) is 1. The van der Waals surface area contributed by atoms with Crippen LogP contribution in [-0.2, 0) is 11.2 Å². The fourth-order valence-corrected chi connectivity index (χ4v) is 1.82. The zero-order valence-electron chi connectivity index (χ0n) is 8.75. The molecule has 1 atom stereocenters. The highest BCUT2D eigenvalue weighted by Crippen LogP contribution is 2.25. The van der Waals surface area contributed by atoms with Gasteiger partial charge in [-0.25, -0.2) is 4.98 Å². The van der Waals surface area contributed by atoms with Crippen LogP contribution in [0.15, 0.2) is 4.79 Å². The lowest BCUT2D eigenvalue weighted by molar-refractivity contribution is 0.105. The van der Waals surface area contributed by atoms with E-state index in [1.54, 1.807) is 0 Å². The van der Waals surface area contributed by atoms with Crippen molar-refractivity contribution < 1.29 is 4.74 Å². The van der Waals surface area contributed by atoms with Crippen molar-refractivity contribution in [3.63, 3.8) is 0 Å². The van der Waals surface area contributed by atoms with Crippen LogP contribution in [0.25, 0.3) is 0 Å². The van der Waals surface area contributed by atoms with E-state index >= 15 is 0 Å². The summed E-state index contributed by atoms with van der Waals surface area (Å²) in [6.07, 6.45) is 2.41. The number of nitrogens with zero attached hydrogens (tertiary/aromatic N) is 1. The highest BCUT2D eigenvalue weighted by molar-refractivity contribution is 5.37. The molecular formula is C10H15N3O2. The second-order valence-electron chi connectivity index (χ2n) is 3.67. The molecule has 1 aromatic heterocycles. The van der Waals surface area contributed by atoms with E-state index in [4.69, 9.17) is 10.5 Å². The average molecular weight is 209 g/mol. The summed E-state index contributed by atoms with van der Waals surface area (Å²) in [5.41, 5.74) is 6.12. The Labute approximate surface area is 87.7 Å². The fraction of sp³-hybridized carbons (Fsp3) is 0.600. The topological polar surface area (TPSA) is 81.0 Å². The highest BCUT2D eigenvalue weighted by Gasteiger charge is 2.21. The first-order valence-corrected chi connectivity index (χ1v) is 5.22. The van der Waals surface area contributed by atoms with Gasteiger partial charge in [0.05, 0.1) is 5.56 Å². The first-order chi connectivity index (χ1) is 7.22. The number of anilines is 1. The van der Waals surface area contributed by atoms with Crippen LogP contribution in [0.3, 0.4) is 0 Å². The zero-order chi connectivity index (χ0) is 10.8. The van der Waals surface area contributed by atoms with Gasteiger partial charge in [-0.3, -0.25) is 4.79 Å². The van der Waals surface area contributed by atoms with E-state index in [2.05, 4.69) is 9.97 Å². The van der Waals surface area contributed by atoms with E-state index in [0.717, 1.165) is 19.4 Å². The van der Waals surface area contributed by atoms with E-state index < -0.39 is 0 Å². The Balaban J connectivity index is 2.38.